The van der Waals surface area contributed by atoms with Gasteiger partial charge in [-0.3, -0.25) is 9.59 Å². The first kappa shape index (κ1) is 64.5. The second kappa shape index (κ2) is 49.9. The van der Waals surface area contributed by atoms with Gasteiger partial charge in [-0.15, -0.1) is 0 Å². The summed E-state index contributed by atoms with van der Waals surface area (Å²) < 4.78 is 22.7. The maximum absolute atomic E-state index is 12.8. The van der Waals surface area contributed by atoms with Crippen molar-refractivity contribution >= 4 is 17.9 Å². The number of carboxylic acids is 1. The van der Waals surface area contributed by atoms with Crippen LogP contribution in [0.5, 0.6) is 0 Å². The van der Waals surface area contributed by atoms with Crippen LogP contribution in [0.2, 0.25) is 0 Å². The van der Waals surface area contributed by atoms with Crippen LogP contribution in [-0.4, -0.2) is 87.4 Å². The van der Waals surface area contributed by atoms with Crippen LogP contribution in [0.15, 0.2) is 85.1 Å². The number of hydrogen-bond donors (Lipinski definition) is 1. The van der Waals surface area contributed by atoms with Crippen molar-refractivity contribution < 1.29 is 42.9 Å². The lowest BCUT2D eigenvalue weighted by molar-refractivity contribution is -0.870. The molecule has 1 N–H and O–H groups in total. The summed E-state index contributed by atoms with van der Waals surface area (Å²) in [4.78, 5) is 37.1. The zero-order chi connectivity index (χ0) is 49.9. The molecule has 68 heavy (non-hydrogen) atoms. The molecule has 0 bridgehead atoms. The molecule has 0 rings (SSSR count). The number of rotatable bonds is 49. The molecular weight excluding hydrogens is 851 g/mol. The van der Waals surface area contributed by atoms with Gasteiger partial charge in [-0.1, -0.05) is 214 Å². The average molecular weight is 953 g/mol. The molecule has 0 aliphatic carbocycles. The Morgan fingerprint density at radius 1 is 0.456 bits per heavy atom. The molecule has 390 valence electrons. The highest BCUT2D eigenvalue weighted by molar-refractivity contribution is 5.71. The average Bonchev–Trinajstić information content (AvgIpc) is 3.30. The number of quaternary nitrogens is 1. The van der Waals surface area contributed by atoms with Gasteiger partial charge in [-0.05, 0) is 70.6 Å². The standard InChI is InChI=1S/C59H101NO8/c1-6-8-10-12-14-16-17-18-19-20-21-22-23-24-25-26-27-28-29-30-31-32-33-34-35-36-37-38-39-40-41-42-44-46-48-50-57(62)68-55(54-67-59(58(63)64)65-52-51-60(3,4)5)53-66-56(61)49-47-45-43-15-13-11-9-7-2/h8,10,14,16,18-19,21-22,24-25,27-28,30-31,55,59H,6-7,9,11-13,15,17,20,23,26,29,32-54H2,1-5H3/p+1/b10-8-,16-14-,19-18-,22-21-,25-24-,28-27-,31-30-. The van der Waals surface area contributed by atoms with Crippen LogP contribution in [0.4, 0.5) is 0 Å². The Kier molecular flexibility index (Phi) is 47.3. The first-order valence-electron chi connectivity index (χ1n) is 27.3. The van der Waals surface area contributed by atoms with Crippen LogP contribution >= 0.6 is 0 Å². The Morgan fingerprint density at radius 2 is 0.838 bits per heavy atom. The molecule has 0 heterocycles. The summed E-state index contributed by atoms with van der Waals surface area (Å²) in [7, 11) is 5.95. The number of allylic oxidation sites excluding steroid dienone is 14. The van der Waals surface area contributed by atoms with Crippen molar-refractivity contribution in [2.45, 2.75) is 225 Å². The fourth-order valence-corrected chi connectivity index (χ4v) is 7.23. The Bertz CT molecular complexity index is 1390. The third-order valence-electron chi connectivity index (χ3n) is 11.4. The minimum atomic E-state index is -1.51. The molecule has 0 aliphatic rings. The number of nitrogens with zero attached hydrogens (tertiary/aromatic N) is 1. The van der Waals surface area contributed by atoms with Crippen molar-refractivity contribution in [1.29, 1.82) is 0 Å². The summed E-state index contributed by atoms with van der Waals surface area (Å²) in [6, 6.07) is 0. The highest BCUT2D eigenvalue weighted by atomic mass is 16.7. The first-order valence-corrected chi connectivity index (χ1v) is 27.3. The highest BCUT2D eigenvalue weighted by Crippen LogP contribution is 2.15. The van der Waals surface area contributed by atoms with Crippen molar-refractivity contribution in [3.8, 4) is 0 Å². The lowest BCUT2D eigenvalue weighted by Gasteiger charge is -2.25. The van der Waals surface area contributed by atoms with Gasteiger partial charge in [0, 0.05) is 12.8 Å². The first-order chi connectivity index (χ1) is 33.1. The van der Waals surface area contributed by atoms with Crippen LogP contribution < -0.4 is 0 Å². The van der Waals surface area contributed by atoms with E-state index in [0.29, 0.717) is 17.4 Å². The summed E-state index contributed by atoms with van der Waals surface area (Å²) in [5.41, 5.74) is 0. The number of unbranched alkanes of at least 4 members (excludes halogenated alkanes) is 20. The van der Waals surface area contributed by atoms with Crippen molar-refractivity contribution in [3.05, 3.63) is 85.1 Å². The fourth-order valence-electron chi connectivity index (χ4n) is 7.23. The largest absolute Gasteiger partial charge is 0.477 e. The molecule has 0 radical (unpaired) electrons. The molecule has 0 aliphatic heterocycles. The molecule has 9 heteroatoms. The molecule has 0 saturated heterocycles. The number of aliphatic carboxylic acids is 1. The third-order valence-corrected chi connectivity index (χ3v) is 11.4. The van der Waals surface area contributed by atoms with Gasteiger partial charge in [0.25, 0.3) is 6.29 Å². The summed E-state index contributed by atoms with van der Waals surface area (Å²) >= 11 is 0. The summed E-state index contributed by atoms with van der Waals surface area (Å²) in [5, 5.41) is 9.64. The Labute approximate surface area is 417 Å². The van der Waals surface area contributed by atoms with E-state index in [1.54, 1.807) is 0 Å². The Morgan fingerprint density at radius 3 is 1.25 bits per heavy atom. The maximum Gasteiger partial charge on any atom is 0.361 e. The molecule has 2 unspecified atom stereocenters. The minimum absolute atomic E-state index is 0.183. The number of likely N-dealkylation sites (N-methyl/N-ethyl adjacent to an activating group) is 1. The summed E-state index contributed by atoms with van der Waals surface area (Å²) in [5.74, 6) is -2.01. The number of carbonyl (C=O) groups is 3. The second-order valence-electron chi connectivity index (χ2n) is 19.2. The van der Waals surface area contributed by atoms with E-state index in [2.05, 4.69) is 98.9 Å². The maximum atomic E-state index is 12.8. The quantitative estimate of drug-likeness (QED) is 0.0211. The van der Waals surface area contributed by atoms with Crippen LogP contribution in [0.3, 0.4) is 0 Å². The number of esters is 2. The normalized spacial score (nSPS) is 13.5. The lowest BCUT2D eigenvalue weighted by Crippen LogP contribution is -2.40. The predicted octanol–water partition coefficient (Wildman–Crippen LogP) is 15.6. The van der Waals surface area contributed by atoms with Crippen molar-refractivity contribution in [2.75, 3.05) is 47.5 Å². The fraction of sp³-hybridized carbons (Fsp3) is 0.712. The third kappa shape index (κ3) is 50.3. The van der Waals surface area contributed by atoms with Gasteiger partial charge in [0.15, 0.2) is 6.10 Å². The van der Waals surface area contributed by atoms with Crippen LogP contribution in [0.1, 0.15) is 213 Å². The molecule has 0 aromatic heterocycles. The molecule has 0 amide bonds. The zero-order valence-corrected chi connectivity index (χ0v) is 44.2. The monoisotopic (exact) mass is 953 g/mol. The summed E-state index contributed by atoms with van der Waals surface area (Å²) in [6.07, 6.45) is 62.6. The number of hydrogen-bond acceptors (Lipinski definition) is 7. The van der Waals surface area contributed by atoms with E-state index in [9.17, 15) is 19.5 Å². The Hall–Kier alpha value is -3.53. The topological polar surface area (TPSA) is 108 Å². The van der Waals surface area contributed by atoms with Gasteiger partial charge >= 0.3 is 17.9 Å². The number of carbonyl (C=O) groups excluding carboxylic acids is 2. The molecule has 0 spiro atoms. The number of carboxylic acid groups (broad SMARTS) is 1. The van der Waals surface area contributed by atoms with Crippen molar-refractivity contribution in [1.82, 2.24) is 0 Å². The van der Waals surface area contributed by atoms with E-state index in [0.717, 1.165) is 83.5 Å². The SMILES string of the molecule is CC/C=C\C/C=C\C/C=C\C/C=C\C/C=C\C/C=C\C/C=C\CCCCCCCCCCCCCCCC(=O)OC(COC(=O)CCCCCCCCCC)COC(OCC[N+](C)(C)C)C(=O)O. The lowest BCUT2D eigenvalue weighted by atomic mass is 10.0. The van der Waals surface area contributed by atoms with E-state index in [1.165, 1.54) is 103 Å². The minimum Gasteiger partial charge on any atom is -0.477 e. The van der Waals surface area contributed by atoms with Crippen molar-refractivity contribution in [2.24, 2.45) is 0 Å². The molecule has 2 atom stereocenters. The molecule has 0 fully saturated rings. The van der Waals surface area contributed by atoms with E-state index in [1.807, 2.05) is 21.1 Å². The molecular formula is C59H102NO8+. The van der Waals surface area contributed by atoms with E-state index in [4.69, 9.17) is 18.9 Å². The van der Waals surface area contributed by atoms with Crippen LogP contribution in [0.25, 0.3) is 0 Å². The smallest absolute Gasteiger partial charge is 0.361 e. The van der Waals surface area contributed by atoms with E-state index in [-0.39, 0.29) is 32.2 Å². The van der Waals surface area contributed by atoms with Gasteiger partial charge in [0.1, 0.15) is 13.2 Å². The molecule has 0 aromatic rings. The van der Waals surface area contributed by atoms with Gasteiger partial charge in [-0.25, -0.2) is 4.79 Å². The molecule has 9 nitrogen and oxygen atoms in total. The van der Waals surface area contributed by atoms with Gasteiger partial charge in [0.05, 0.1) is 34.4 Å². The van der Waals surface area contributed by atoms with Gasteiger partial charge in [-0.2, -0.15) is 0 Å². The van der Waals surface area contributed by atoms with Crippen molar-refractivity contribution in [3.63, 3.8) is 0 Å². The zero-order valence-electron chi connectivity index (χ0n) is 44.2. The molecule has 0 aromatic carbocycles. The van der Waals surface area contributed by atoms with E-state index < -0.39 is 24.3 Å². The number of ether oxygens (including phenoxy) is 4. The summed E-state index contributed by atoms with van der Waals surface area (Å²) in [6.45, 7) is 4.72. The Balaban J connectivity index is 4.06. The van der Waals surface area contributed by atoms with Crippen LogP contribution in [0, 0.1) is 0 Å². The van der Waals surface area contributed by atoms with Crippen LogP contribution in [-0.2, 0) is 33.3 Å². The van der Waals surface area contributed by atoms with E-state index >= 15 is 0 Å². The van der Waals surface area contributed by atoms with Gasteiger partial charge < -0.3 is 28.5 Å². The van der Waals surface area contributed by atoms with Gasteiger partial charge in [0.2, 0.25) is 0 Å². The highest BCUT2D eigenvalue weighted by Gasteiger charge is 2.25. The predicted molar refractivity (Wildman–Crippen MR) is 286 cm³/mol. The second-order valence-corrected chi connectivity index (χ2v) is 19.2. The molecule has 0 saturated carbocycles.